The molecule has 4 nitrogen and oxygen atoms in total. The summed E-state index contributed by atoms with van der Waals surface area (Å²) in [6.07, 6.45) is 0. The Morgan fingerprint density at radius 2 is 1.88 bits per heavy atom. The van der Waals surface area contributed by atoms with Crippen molar-refractivity contribution >= 4 is 27.2 Å². The molecule has 0 N–H and O–H groups in total. The van der Waals surface area contributed by atoms with Crippen LogP contribution in [-0.2, 0) is 19.4 Å². The van der Waals surface area contributed by atoms with E-state index in [0.717, 1.165) is 0 Å². The number of sulfone groups is 1. The van der Waals surface area contributed by atoms with Crippen molar-refractivity contribution in [2.24, 2.45) is 0 Å². The number of hydrogen-bond acceptors (Lipinski definition) is 4. The molecule has 0 aliphatic rings. The van der Waals surface area contributed by atoms with Crippen LogP contribution >= 0.6 is 11.6 Å². The maximum atomic E-state index is 11.7. The lowest BCUT2D eigenvalue weighted by atomic mass is 10.4. The molecule has 1 aromatic rings. The molecule has 0 saturated carbocycles. The minimum Gasteiger partial charge on any atom is -0.377 e. The maximum absolute atomic E-state index is 11.7. The molecular formula is C10H11ClO4S. The maximum Gasteiger partial charge on any atom is 0.185 e. The van der Waals surface area contributed by atoms with Gasteiger partial charge in [-0.15, -0.1) is 0 Å². The van der Waals surface area contributed by atoms with E-state index in [1.54, 1.807) is 0 Å². The van der Waals surface area contributed by atoms with Gasteiger partial charge < -0.3 is 4.74 Å². The summed E-state index contributed by atoms with van der Waals surface area (Å²) in [5.74, 6) is -1.03. The second kappa shape index (κ2) is 5.43. The fraction of sp³-hybridized carbons (Fsp3) is 0.300. The summed E-state index contributed by atoms with van der Waals surface area (Å²) in [6.45, 7) is -0.202. The van der Waals surface area contributed by atoms with Gasteiger partial charge in [0.15, 0.2) is 15.6 Å². The first-order valence-corrected chi connectivity index (χ1v) is 6.47. The highest BCUT2D eigenvalue weighted by molar-refractivity contribution is 7.92. The van der Waals surface area contributed by atoms with Crippen LogP contribution in [0.3, 0.4) is 0 Å². The zero-order valence-corrected chi connectivity index (χ0v) is 10.2. The molecule has 0 fully saturated rings. The molecule has 88 valence electrons. The predicted octanol–water partition coefficient (Wildman–Crippen LogP) is 1.33. The third kappa shape index (κ3) is 3.59. The summed E-state index contributed by atoms with van der Waals surface area (Å²) < 4.78 is 28.0. The number of methoxy groups -OCH3 is 1. The van der Waals surface area contributed by atoms with E-state index in [-0.39, 0.29) is 11.5 Å². The van der Waals surface area contributed by atoms with Crippen LogP contribution in [-0.4, -0.2) is 33.7 Å². The minimum absolute atomic E-state index is 0.0846. The third-order valence-electron chi connectivity index (χ3n) is 1.83. The molecule has 1 aromatic carbocycles. The summed E-state index contributed by atoms with van der Waals surface area (Å²) in [7, 11) is -2.25. The Morgan fingerprint density at radius 3 is 2.38 bits per heavy atom. The number of carbonyl (C=O) groups excluding carboxylic acids is 1. The van der Waals surface area contributed by atoms with Gasteiger partial charge in [0.25, 0.3) is 0 Å². The second-order valence-corrected chi connectivity index (χ2v) is 5.61. The number of ketones is 1. The van der Waals surface area contributed by atoms with E-state index in [1.807, 2.05) is 0 Å². The molecule has 0 atom stereocenters. The molecule has 0 heterocycles. The van der Waals surface area contributed by atoms with E-state index in [9.17, 15) is 13.2 Å². The van der Waals surface area contributed by atoms with E-state index in [0.29, 0.717) is 5.02 Å². The first kappa shape index (κ1) is 13.2. The number of halogens is 1. The third-order valence-corrected chi connectivity index (χ3v) is 3.77. The Labute approximate surface area is 99.1 Å². The lowest BCUT2D eigenvalue weighted by molar-refractivity contribution is -0.120. The fourth-order valence-electron chi connectivity index (χ4n) is 1.14. The summed E-state index contributed by atoms with van der Waals surface area (Å²) >= 11 is 5.64. The molecule has 0 radical (unpaired) electrons. The van der Waals surface area contributed by atoms with E-state index in [4.69, 9.17) is 11.6 Å². The van der Waals surface area contributed by atoms with Crippen molar-refractivity contribution in [1.29, 1.82) is 0 Å². The van der Waals surface area contributed by atoms with Crippen molar-refractivity contribution in [3.8, 4) is 0 Å². The van der Waals surface area contributed by atoms with Crippen molar-refractivity contribution in [3.63, 3.8) is 0 Å². The number of benzene rings is 1. The molecule has 0 amide bonds. The number of hydrogen-bond donors (Lipinski definition) is 0. The molecule has 6 heteroatoms. The molecular weight excluding hydrogens is 252 g/mol. The monoisotopic (exact) mass is 262 g/mol. The zero-order chi connectivity index (χ0) is 12.2. The highest BCUT2D eigenvalue weighted by Gasteiger charge is 2.18. The van der Waals surface area contributed by atoms with Gasteiger partial charge in [0.1, 0.15) is 12.4 Å². The van der Waals surface area contributed by atoms with Crippen molar-refractivity contribution in [3.05, 3.63) is 29.3 Å². The van der Waals surface area contributed by atoms with Gasteiger partial charge in [0.05, 0.1) is 4.90 Å². The van der Waals surface area contributed by atoms with Gasteiger partial charge in [0, 0.05) is 12.1 Å². The Kier molecular flexibility index (Phi) is 4.46. The molecule has 0 unspecified atom stereocenters. The Hall–Kier alpha value is -0.910. The summed E-state index contributed by atoms with van der Waals surface area (Å²) in [6, 6.07) is 5.68. The summed E-state index contributed by atoms with van der Waals surface area (Å²) in [4.78, 5) is 11.3. The predicted molar refractivity (Wildman–Crippen MR) is 60.4 cm³/mol. The summed E-state index contributed by atoms with van der Waals surface area (Å²) in [5.41, 5.74) is 0. The first-order chi connectivity index (χ1) is 7.45. The molecule has 0 aliphatic heterocycles. The van der Waals surface area contributed by atoms with Gasteiger partial charge in [-0.25, -0.2) is 8.42 Å². The molecule has 16 heavy (non-hydrogen) atoms. The van der Waals surface area contributed by atoms with E-state index >= 15 is 0 Å². The largest absolute Gasteiger partial charge is 0.377 e. The van der Waals surface area contributed by atoms with Gasteiger partial charge >= 0.3 is 0 Å². The van der Waals surface area contributed by atoms with Crippen LogP contribution < -0.4 is 0 Å². The number of ether oxygens (including phenoxy) is 1. The zero-order valence-electron chi connectivity index (χ0n) is 8.64. The van der Waals surface area contributed by atoms with Crippen LogP contribution in [0.4, 0.5) is 0 Å². The average molecular weight is 263 g/mol. The summed E-state index contributed by atoms with van der Waals surface area (Å²) in [5, 5.41) is 0.446. The van der Waals surface area contributed by atoms with Crippen LogP contribution in [0.25, 0.3) is 0 Å². The van der Waals surface area contributed by atoms with Gasteiger partial charge in [0.2, 0.25) is 0 Å². The Balaban J connectivity index is 2.86. The van der Waals surface area contributed by atoms with Gasteiger partial charge in [-0.2, -0.15) is 0 Å². The SMILES string of the molecule is COCC(=O)CS(=O)(=O)c1ccc(Cl)cc1. The molecule has 1 rings (SSSR count). The normalized spacial score (nSPS) is 11.4. The lowest BCUT2D eigenvalue weighted by Gasteiger charge is -2.03. The van der Waals surface area contributed by atoms with E-state index in [2.05, 4.69) is 4.74 Å². The van der Waals surface area contributed by atoms with Crippen molar-refractivity contribution in [2.75, 3.05) is 19.5 Å². The number of rotatable bonds is 5. The lowest BCUT2D eigenvalue weighted by Crippen LogP contribution is -2.19. The van der Waals surface area contributed by atoms with Crippen molar-refractivity contribution in [1.82, 2.24) is 0 Å². The van der Waals surface area contributed by atoms with Crippen LogP contribution in [0.1, 0.15) is 0 Å². The standard InChI is InChI=1S/C10H11ClO4S/c1-15-6-9(12)7-16(13,14)10-4-2-8(11)3-5-10/h2-5H,6-7H2,1H3. The van der Waals surface area contributed by atoms with Crippen molar-refractivity contribution < 1.29 is 17.9 Å². The van der Waals surface area contributed by atoms with Gasteiger partial charge in [-0.05, 0) is 24.3 Å². The highest BCUT2D eigenvalue weighted by Crippen LogP contribution is 2.15. The smallest absolute Gasteiger partial charge is 0.185 e. The number of carbonyl (C=O) groups is 1. The first-order valence-electron chi connectivity index (χ1n) is 4.44. The second-order valence-electron chi connectivity index (χ2n) is 3.18. The van der Waals surface area contributed by atoms with Gasteiger partial charge in [-0.1, -0.05) is 11.6 Å². The molecule has 0 spiro atoms. The Bertz CT molecular complexity index is 464. The van der Waals surface area contributed by atoms with E-state index < -0.39 is 21.4 Å². The molecule has 0 aromatic heterocycles. The van der Waals surface area contributed by atoms with Gasteiger partial charge in [-0.3, -0.25) is 4.79 Å². The molecule has 0 bridgehead atoms. The fourth-order valence-corrected chi connectivity index (χ4v) is 2.49. The van der Waals surface area contributed by atoms with E-state index in [1.165, 1.54) is 31.4 Å². The average Bonchev–Trinajstić information content (AvgIpc) is 2.17. The number of Topliss-reactive ketones (excluding diaryl/α,β-unsaturated/α-hetero) is 1. The van der Waals surface area contributed by atoms with Crippen LogP contribution in [0.2, 0.25) is 5.02 Å². The Morgan fingerprint density at radius 1 is 1.31 bits per heavy atom. The van der Waals surface area contributed by atoms with Crippen LogP contribution in [0, 0.1) is 0 Å². The minimum atomic E-state index is -3.59. The van der Waals surface area contributed by atoms with Crippen LogP contribution in [0.5, 0.6) is 0 Å². The van der Waals surface area contributed by atoms with Crippen LogP contribution in [0.15, 0.2) is 29.2 Å². The molecule has 0 aliphatic carbocycles. The molecule has 0 saturated heterocycles. The quantitative estimate of drug-likeness (QED) is 0.803. The highest BCUT2D eigenvalue weighted by atomic mass is 35.5. The van der Waals surface area contributed by atoms with Crippen molar-refractivity contribution in [2.45, 2.75) is 4.90 Å². The topological polar surface area (TPSA) is 60.4 Å².